The monoisotopic (exact) mass is 436 g/mol. The lowest BCUT2D eigenvalue weighted by Crippen LogP contribution is -2.54. The Hall–Kier alpha value is -0.610. The lowest BCUT2D eigenvalue weighted by atomic mass is 9.47. The van der Waals surface area contributed by atoms with E-state index in [4.69, 9.17) is 4.74 Å². The van der Waals surface area contributed by atoms with Gasteiger partial charge in [-0.3, -0.25) is 4.79 Å². The Balaban J connectivity index is 1.75. The minimum Gasteiger partial charge on any atom is -0.469 e. The maximum Gasteiger partial charge on any atom is 0.308 e. The summed E-state index contributed by atoms with van der Waals surface area (Å²) in [6.45, 7) is 11.3. The van der Waals surface area contributed by atoms with E-state index in [2.05, 4.69) is 27.7 Å². The van der Waals surface area contributed by atoms with Crippen molar-refractivity contribution in [3.05, 3.63) is 0 Å². The number of aliphatic hydroxyl groups excluding tert-OH is 2. The second-order valence-corrected chi connectivity index (χ2v) is 12.0. The SMILES string of the molecule is CC[C@H](O)CC[C@@]1(C)CC[C@@H](O)C2C1CC[C@@]1(C)C2CCC1[C@H](C)CC(C)C(=O)OC. The van der Waals surface area contributed by atoms with E-state index >= 15 is 0 Å². The lowest BCUT2D eigenvalue weighted by molar-refractivity contribution is -0.146. The second-order valence-electron chi connectivity index (χ2n) is 12.0. The fourth-order valence-electron chi connectivity index (χ4n) is 8.41. The van der Waals surface area contributed by atoms with Gasteiger partial charge in [0.15, 0.2) is 0 Å². The third-order valence-electron chi connectivity index (χ3n) is 10.3. The normalized spacial score (nSPS) is 42.9. The summed E-state index contributed by atoms with van der Waals surface area (Å²) < 4.78 is 4.97. The summed E-state index contributed by atoms with van der Waals surface area (Å²) in [5.41, 5.74) is 0.503. The first-order valence-corrected chi connectivity index (χ1v) is 13.0. The summed E-state index contributed by atoms with van der Waals surface area (Å²) in [6, 6.07) is 0. The summed E-state index contributed by atoms with van der Waals surface area (Å²) in [5, 5.41) is 21.4. The molecule has 0 spiro atoms. The van der Waals surface area contributed by atoms with Gasteiger partial charge in [-0.15, -0.1) is 0 Å². The molecule has 0 saturated heterocycles. The third-order valence-corrected chi connectivity index (χ3v) is 10.3. The molecule has 3 fully saturated rings. The van der Waals surface area contributed by atoms with Crippen LogP contribution in [0.1, 0.15) is 98.8 Å². The highest BCUT2D eigenvalue weighted by Gasteiger charge is 2.60. The number of esters is 1. The zero-order valence-corrected chi connectivity index (χ0v) is 20.9. The number of ether oxygens (including phenoxy) is 1. The van der Waals surface area contributed by atoms with Crippen LogP contribution in [0.5, 0.6) is 0 Å². The number of rotatable bonds is 8. The van der Waals surface area contributed by atoms with E-state index in [0.29, 0.717) is 29.6 Å². The molecule has 3 aliphatic rings. The lowest BCUT2D eigenvalue weighted by Gasteiger charge is -2.58. The Morgan fingerprint density at radius 3 is 2.45 bits per heavy atom. The zero-order chi connectivity index (χ0) is 23.0. The maximum absolute atomic E-state index is 12.0. The number of aliphatic hydroxyl groups is 2. The van der Waals surface area contributed by atoms with Gasteiger partial charge in [0.1, 0.15) is 0 Å². The first kappa shape index (κ1) is 25.0. The molecule has 5 unspecified atom stereocenters. The van der Waals surface area contributed by atoms with Crippen LogP contribution >= 0.6 is 0 Å². The molecule has 4 nitrogen and oxygen atoms in total. The average molecular weight is 437 g/mol. The highest BCUT2D eigenvalue weighted by molar-refractivity contribution is 5.71. The molecule has 0 aromatic rings. The number of methoxy groups -OCH3 is 1. The molecular formula is C27H48O4. The summed E-state index contributed by atoms with van der Waals surface area (Å²) in [5.74, 6) is 2.52. The van der Waals surface area contributed by atoms with E-state index < -0.39 is 0 Å². The molecule has 180 valence electrons. The van der Waals surface area contributed by atoms with Gasteiger partial charge in [0, 0.05) is 0 Å². The van der Waals surface area contributed by atoms with Crippen LogP contribution in [0, 0.1) is 46.3 Å². The van der Waals surface area contributed by atoms with Crippen LogP contribution in [0.15, 0.2) is 0 Å². The predicted octanol–water partition coefficient (Wildman–Crippen LogP) is 5.59. The highest BCUT2D eigenvalue weighted by Crippen LogP contribution is 2.66. The fraction of sp³-hybridized carbons (Fsp3) is 0.963. The Labute approximate surface area is 190 Å². The van der Waals surface area contributed by atoms with Crippen molar-refractivity contribution < 1.29 is 19.7 Å². The van der Waals surface area contributed by atoms with Crippen LogP contribution in [0.2, 0.25) is 0 Å². The van der Waals surface area contributed by atoms with Crippen LogP contribution in [-0.4, -0.2) is 35.5 Å². The molecule has 0 heterocycles. The second kappa shape index (κ2) is 9.71. The average Bonchev–Trinajstić information content (AvgIpc) is 3.11. The summed E-state index contributed by atoms with van der Waals surface area (Å²) in [4.78, 5) is 12.0. The first-order chi connectivity index (χ1) is 14.6. The molecule has 0 bridgehead atoms. The minimum absolute atomic E-state index is 0.0486. The third kappa shape index (κ3) is 4.71. The molecule has 0 aromatic heterocycles. The fourth-order valence-corrected chi connectivity index (χ4v) is 8.41. The highest BCUT2D eigenvalue weighted by atomic mass is 16.5. The Morgan fingerprint density at radius 1 is 1.10 bits per heavy atom. The van der Waals surface area contributed by atoms with Crippen LogP contribution in [-0.2, 0) is 9.53 Å². The van der Waals surface area contributed by atoms with E-state index in [1.165, 1.54) is 32.8 Å². The van der Waals surface area contributed by atoms with E-state index in [9.17, 15) is 15.0 Å². The van der Waals surface area contributed by atoms with E-state index in [0.717, 1.165) is 38.5 Å². The number of hydrogen-bond acceptors (Lipinski definition) is 4. The molecule has 0 aromatic carbocycles. The number of carbonyl (C=O) groups excluding carboxylic acids is 1. The molecule has 31 heavy (non-hydrogen) atoms. The van der Waals surface area contributed by atoms with Gasteiger partial charge in [-0.2, -0.15) is 0 Å². The van der Waals surface area contributed by atoms with E-state index in [1.54, 1.807) is 0 Å². The van der Waals surface area contributed by atoms with Gasteiger partial charge in [-0.05, 0) is 105 Å². The molecule has 0 radical (unpaired) electrons. The standard InChI is InChI=1S/C27H48O4/c1-7-19(28)10-13-26(4)14-12-23(29)24-21(26)11-15-27(5)20(8-9-22(24)27)17(2)16-18(3)25(30)31-6/h17-24,28-29H,7-16H2,1-6H3/t17-,18?,19+,20?,21?,22?,23-,24?,26+,27-/m1/s1. The topological polar surface area (TPSA) is 66.8 Å². The molecule has 0 amide bonds. The van der Waals surface area contributed by atoms with Gasteiger partial charge in [-0.1, -0.05) is 34.6 Å². The molecule has 2 N–H and O–H groups in total. The van der Waals surface area contributed by atoms with Gasteiger partial charge in [0.25, 0.3) is 0 Å². The molecular weight excluding hydrogens is 388 g/mol. The van der Waals surface area contributed by atoms with Gasteiger partial charge in [0.05, 0.1) is 25.2 Å². The first-order valence-electron chi connectivity index (χ1n) is 13.0. The zero-order valence-electron chi connectivity index (χ0n) is 20.9. The number of hydrogen-bond donors (Lipinski definition) is 2. The number of carbonyl (C=O) groups is 1. The number of fused-ring (bicyclic) bond motifs is 3. The van der Waals surface area contributed by atoms with Crippen molar-refractivity contribution >= 4 is 5.97 Å². The van der Waals surface area contributed by atoms with Crippen molar-refractivity contribution in [1.29, 1.82) is 0 Å². The van der Waals surface area contributed by atoms with Gasteiger partial charge in [-0.25, -0.2) is 0 Å². The van der Waals surface area contributed by atoms with Gasteiger partial charge >= 0.3 is 5.97 Å². The quantitative estimate of drug-likeness (QED) is 0.487. The largest absolute Gasteiger partial charge is 0.469 e. The predicted molar refractivity (Wildman–Crippen MR) is 124 cm³/mol. The van der Waals surface area contributed by atoms with Crippen LogP contribution in [0.3, 0.4) is 0 Å². The maximum atomic E-state index is 12.0. The van der Waals surface area contributed by atoms with Crippen LogP contribution in [0.4, 0.5) is 0 Å². The van der Waals surface area contributed by atoms with Crippen molar-refractivity contribution in [2.75, 3.05) is 7.11 Å². The molecule has 3 aliphatic carbocycles. The van der Waals surface area contributed by atoms with Crippen molar-refractivity contribution in [2.45, 2.75) is 111 Å². The van der Waals surface area contributed by atoms with Crippen molar-refractivity contribution in [1.82, 2.24) is 0 Å². The Morgan fingerprint density at radius 2 is 1.81 bits per heavy atom. The van der Waals surface area contributed by atoms with Crippen molar-refractivity contribution in [3.63, 3.8) is 0 Å². The Bertz CT molecular complexity index is 620. The van der Waals surface area contributed by atoms with Gasteiger partial charge in [0.2, 0.25) is 0 Å². The van der Waals surface area contributed by atoms with Crippen molar-refractivity contribution in [2.24, 2.45) is 46.3 Å². The summed E-state index contributed by atoms with van der Waals surface area (Å²) >= 11 is 0. The molecule has 0 aliphatic heterocycles. The molecule has 3 saturated carbocycles. The summed E-state index contributed by atoms with van der Waals surface area (Å²) in [6.07, 6.45) is 10.2. The molecule has 4 heteroatoms. The van der Waals surface area contributed by atoms with E-state index in [-0.39, 0.29) is 34.9 Å². The van der Waals surface area contributed by atoms with Gasteiger partial charge < -0.3 is 14.9 Å². The minimum atomic E-state index is -0.190. The van der Waals surface area contributed by atoms with Crippen molar-refractivity contribution in [3.8, 4) is 0 Å². The molecule has 3 rings (SSSR count). The molecule has 10 atom stereocenters. The Kier molecular flexibility index (Phi) is 7.84. The summed E-state index contributed by atoms with van der Waals surface area (Å²) in [7, 11) is 1.48. The smallest absolute Gasteiger partial charge is 0.308 e. The van der Waals surface area contributed by atoms with Crippen LogP contribution in [0.25, 0.3) is 0 Å². The van der Waals surface area contributed by atoms with Crippen LogP contribution < -0.4 is 0 Å². The van der Waals surface area contributed by atoms with E-state index in [1.807, 2.05) is 6.92 Å².